The third kappa shape index (κ3) is 2.59. The number of benzene rings is 1. The fourth-order valence-corrected chi connectivity index (χ4v) is 1.87. The van der Waals surface area contributed by atoms with Crippen molar-refractivity contribution in [1.82, 2.24) is 9.55 Å². The third-order valence-corrected chi connectivity index (χ3v) is 3.09. The highest BCUT2D eigenvalue weighted by molar-refractivity contribution is 5.66. The van der Waals surface area contributed by atoms with Crippen molar-refractivity contribution in [1.29, 1.82) is 0 Å². The molecule has 0 amide bonds. The van der Waals surface area contributed by atoms with Crippen molar-refractivity contribution in [3.05, 3.63) is 47.5 Å². The van der Waals surface area contributed by atoms with Gasteiger partial charge in [-0.1, -0.05) is 12.1 Å². The molecule has 4 heteroatoms. The van der Waals surface area contributed by atoms with Crippen LogP contribution in [0.25, 0.3) is 5.69 Å². The first-order chi connectivity index (χ1) is 8.58. The first-order valence-corrected chi connectivity index (χ1v) is 5.89. The standard InChI is InChI=1S/C14H16N2O2/c1-10-4-3-5-13(11(10)2)16-8-12(15-9-16)6-7-14(17)18/h3-5,8-9H,6-7H2,1-2H3,(H,17,18). The maximum atomic E-state index is 10.5. The second-order valence-electron chi connectivity index (χ2n) is 4.39. The van der Waals surface area contributed by atoms with Gasteiger partial charge in [-0.05, 0) is 31.0 Å². The van der Waals surface area contributed by atoms with Gasteiger partial charge in [0.2, 0.25) is 0 Å². The maximum Gasteiger partial charge on any atom is 0.303 e. The molecule has 2 rings (SSSR count). The average Bonchev–Trinajstić information content (AvgIpc) is 2.78. The number of aliphatic carboxylic acids is 1. The van der Waals surface area contributed by atoms with Crippen LogP contribution in [0.3, 0.4) is 0 Å². The Morgan fingerprint density at radius 1 is 1.39 bits per heavy atom. The van der Waals surface area contributed by atoms with Crippen LogP contribution >= 0.6 is 0 Å². The molecule has 18 heavy (non-hydrogen) atoms. The Kier molecular flexibility index (Phi) is 3.46. The zero-order chi connectivity index (χ0) is 13.1. The lowest BCUT2D eigenvalue weighted by Crippen LogP contribution is -1.98. The first-order valence-electron chi connectivity index (χ1n) is 5.89. The number of nitrogens with zero attached hydrogens (tertiary/aromatic N) is 2. The number of hydrogen-bond donors (Lipinski definition) is 1. The molecule has 0 aliphatic rings. The smallest absolute Gasteiger partial charge is 0.303 e. The van der Waals surface area contributed by atoms with Crippen LogP contribution in [0.1, 0.15) is 23.2 Å². The van der Waals surface area contributed by atoms with Crippen molar-refractivity contribution in [2.24, 2.45) is 0 Å². The highest BCUT2D eigenvalue weighted by atomic mass is 16.4. The fraction of sp³-hybridized carbons (Fsp3) is 0.286. The summed E-state index contributed by atoms with van der Waals surface area (Å²) in [5, 5.41) is 8.64. The number of aromatic nitrogens is 2. The molecule has 1 N–H and O–H groups in total. The van der Waals surface area contributed by atoms with Gasteiger partial charge >= 0.3 is 5.97 Å². The minimum absolute atomic E-state index is 0.115. The van der Waals surface area contributed by atoms with Gasteiger partial charge in [0.1, 0.15) is 0 Å². The highest BCUT2D eigenvalue weighted by Gasteiger charge is 2.06. The van der Waals surface area contributed by atoms with E-state index in [1.807, 2.05) is 22.9 Å². The Morgan fingerprint density at radius 3 is 2.89 bits per heavy atom. The number of imidazole rings is 1. The molecule has 1 heterocycles. The van der Waals surface area contributed by atoms with Gasteiger partial charge in [-0.2, -0.15) is 0 Å². The summed E-state index contributed by atoms with van der Waals surface area (Å²) in [6.07, 6.45) is 4.21. The summed E-state index contributed by atoms with van der Waals surface area (Å²) < 4.78 is 1.94. The third-order valence-electron chi connectivity index (χ3n) is 3.09. The summed E-state index contributed by atoms with van der Waals surface area (Å²) in [6, 6.07) is 6.11. The maximum absolute atomic E-state index is 10.5. The molecule has 0 unspecified atom stereocenters. The zero-order valence-corrected chi connectivity index (χ0v) is 10.6. The minimum Gasteiger partial charge on any atom is -0.481 e. The number of aryl methyl sites for hydroxylation is 2. The second-order valence-corrected chi connectivity index (χ2v) is 4.39. The molecular formula is C14H16N2O2. The van der Waals surface area contributed by atoms with Crippen LogP contribution in [0.4, 0.5) is 0 Å². The summed E-state index contributed by atoms with van der Waals surface area (Å²) in [6.45, 7) is 4.14. The monoisotopic (exact) mass is 244 g/mol. The SMILES string of the molecule is Cc1cccc(-n2cnc(CCC(=O)O)c2)c1C. The molecule has 0 spiro atoms. The molecule has 0 aliphatic heterocycles. The van der Waals surface area contributed by atoms with E-state index in [2.05, 4.69) is 24.9 Å². The van der Waals surface area contributed by atoms with Crippen molar-refractivity contribution in [2.45, 2.75) is 26.7 Å². The molecule has 0 atom stereocenters. The van der Waals surface area contributed by atoms with Crippen LogP contribution in [0.2, 0.25) is 0 Å². The summed E-state index contributed by atoms with van der Waals surface area (Å²) >= 11 is 0. The molecule has 0 bridgehead atoms. The normalized spacial score (nSPS) is 10.6. The Labute approximate surface area is 106 Å². The topological polar surface area (TPSA) is 55.1 Å². The van der Waals surface area contributed by atoms with E-state index in [0.29, 0.717) is 6.42 Å². The molecule has 0 aliphatic carbocycles. The van der Waals surface area contributed by atoms with Crippen LogP contribution in [0, 0.1) is 13.8 Å². The number of carboxylic acid groups (broad SMARTS) is 1. The van der Waals surface area contributed by atoms with E-state index in [1.54, 1.807) is 6.33 Å². The predicted molar refractivity (Wildman–Crippen MR) is 69.0 cm³/mol. The van der Waals surface area contributed by atoms with Gasteiger partial charge < -0.3 is 9.67 Å². The van der Waals surface area contributed by atoms with Gasteiger partial charge in [-0.3, -0.25) is 4.79 Å². The van der Waals surface area contributed by atoms with Crippen LogP contribution in [0.5, 0.6) is 0 Å². The molecule has 1 aromatic carbocycles. The van der Waals surface area contributed by atoms with Crippen molar-refractivity contribution in [3.63, 3.8) is 0 Å². The fourth-order valence-electron chi connectivity index (χ4n) is 1.87. The largest absolute Gasteiger partial charge is 0.481 e. The number of carbonyl (C=O) groups is 1. The van der Waals surface area contributed by atoms with Crippen LogP contribution in [0.15, 0.2) is 30.7 Å². The Hall–Kier alpha value is -2.10. The Bertz CT molecular complexity index is 573. The quantitative estimate of drug-likeness (QED) is 0.899. The average molecular weight is 244 g/mol. The zero-order valence-electron chi connectivity index (χ0n) is 10.6. The van der Waals surface area contributed by atoms with Gasteiger partial charge in [0, 0.05) is 18.3 Å². The van der Waals surface area contributed by atoms with E-state index >= 15 is 0 Å². The van der Waals surface area contributed by atoms with Crippen LogP contribution in [-0.2, 0) is 11.2 Å². The summed E-state index contributed by atoms with van der Waals surface area (Å²) in [5.74, 6) is -0.795. The van der Waals surface area contributed by atoms with Gasteiger partial charge in [-0.25, -0.2) is 4.98 Å². The molecule has 1 aromatic heterocycles. The lowest BCUT2D eigenvalue weighted by molar-refractivity contribution is -0.136. The molecular weight excluding hydrogens is 228 g/mol. The number of carboxylic acids is 1. The van der Waals surface area contributed by atoms with Crippen molar-refractivity contribution < 1.29 is 9.90 Å². The van der Waals surface area contributed by atoms with Crippen molar-refractivity contribution in [3.8, 4) is 5.69 Å². The number of hydrogen-bond acceptors (Lipinski definition) is 2. The van der Waals surface area contributed by atoms with E-state index in [0.717, 1.165) is 11.4 Å². The van der Waals surface area contributed by atoms with Crippen molar-refractivity contribution in [2.75, 3.05) is 0 Å². The molecule has 94 valence electrons. The van der Waals surface area contributed by atoms with E-state index in [-0.39, 0.29) is 6.42 Å². The van der Waals surface area contributed by atoms with Gasteiger partial charge in [0.25, 0.3) is 0 Å². The molecule has 2 aromatic rings. The summed E-state index contributed by atoms with van der Waals surface area (Å²) in [4.78, 5) is 14.7. The second kappa shape index (κ2) is 5.04. The van der Waals surface area contributed by atoms with Gasteiger partial charge in [0.15, 0.2) is 0 Å². The Morgan fingerprint density at radius 2 is 2.17 bits per heavy atom. The van der Waals surface area contributed by atoms with E-state index in [9.17, 15) is 4.79 Å². The van der Waals surface area contributed by atoms with E-state index in [1.165, 1.54) is 11.1 Å². The van der Waals surface area contributed by atoms with Crippen LogP contribution in [-0.4, -0.2) is 20.6 Å². The lowest BCUT2D eigenvalue weighted by atomic mass is 10.1. The predicted octanol–water partition coefficient (Wildman–Crippen LogP) is 2.51. The summed E-state index contributed by atoms with van der Waals surface area (Å²) in [7, 11) is 0. The molecule has 4 nitrogen and oxygen atoms in total. The van der Waals surface area contributed by atoms with Gasteiger partial charge in [-0.15, -0.1) is 0 Å². The van der Waals surface area contributed by atoms with E-state index < -0.39 is 5.97 Å². The van der Waals surface area contributed by atoms with E-state index in [4.69, 9.17) is 5.11 Å². The van der Waals surface area contributed by atoms with Gasteiger partial charge in [0.05, 0.1) is 18.4 Å². The Balaban J connectivity index is 2.24. The first kappa shape index (κ1) is 12.4. The molecule has 0 saturated carbocycles. The molecule has 0 fully saturated rings. The van der Waals surface area contributed by atoms with Crippen LogP contribution < -0.4 is 0 Å². The minimum atomic E-state index is -0.795. The van der Waals surface area contributed by atoms with Crippen molar-refractivity contribution >= 4 is 5.97 Å². The molecule has 0 saturated heterocycles. The number of rotatable bonds is 4. The lowest BCUT2D eigenvalue weighted by Gasteiger charge is -2.08. The molecule has 0 radical (unpaired) electrons. The summed E-state index contributed by atoms with van der Waals surface area (Å²) in [5.41, 5.74) is 4.33. The highest BCUT2D eigenvalue weighted by Crippen LogP contribution is 2.17.